The Kier molecular flexibility index (Phi) is 6.40. The number of fused-ring (bicyclic) bond motifs is 1. The van der Waals surface area contributed by atoms with Gasteiger partial charge in [0.25, 0.3) is 0 Å². The summed E-state index contributed by atoms with van der Waals surface area (Å²) in [6.07, 6.45) is 11.1. The van der Waals surface area contributed by atoms with Gasteiger partial charge in [-0.05, 0) is 58.8 Å². The van der Waals surface area contributed by atoms with E-state index < -0.39 is 11.0 Å². The molecule has 3 aliphatic rings. The first-order valence-corrected chi connectivity index (χ1v) is 12.0. The maximum Gasteiger partial charge on any atom is 0.183 e. The summed E-state index contributed by atoms with van der Waals surface area (Å²) < 4.78 is 6.69. The highest BCUT2D eigenvalue weighted by molar-refractivity contribution is 6.24. The molecule has 32 heavy (non-hydrogen) atoms. The number of Topliss-reactive ketones (excluding diaryl/α,β-unsaturated/α-hetero) is 2. The molecular weight excluding hydrogens is 400 g/mol. The largest absolute Gasteiger partial charge is 0.507 e. The predicted molar refractivity (Wildman–Crippen MR) is 128 cm³/mol. The van der Waals surface area contributed by atoms with Gasteiger partial charge in [0.2, 0.25) is 0 Å². The van der Waals surface area contributed by atoms with Gasteiger partial charge in [-0.2, -0.15) is 0 Å². The minimum Gasteiger partial charge on any atom is -0.507 e. The van der Waals surface area contributed by atoms with Gasteiger partial charge in [-0.15, -0.1) is 0 Å². The Morgan fingerprint density at radius 1 is 1.16 bits per heavy atom. The van der Waals surface area contributed by atoms with E-state index in [1.807, 2.05) is 13.8 Å². The van der Waals surface area contributed by atoms with Crippen LogP contribution in [0, 0.1) is 22.7 Å². The first kappa shape index (κ1) is 24.5. The molecule has 0 bridgehead atoms. The molecular formula is C28H40O4. The molecule has 4 nitrogen and oxygen atoms in total. The summed E-state index contributed by atoms with van der Waals surface area (Å²) in [6, 6.07) is 0. The average molecular weight is 441 g/mol. The molecule has 0 saturated heterocycles. The van der Waals surface area contributed by atoms with Gasteiger partial charge < -0.3 is 9.84 Å². The first-order valence-electron chi connectivity index (χ1n) is 12.0. The number of carbonyl (C=O) groups is 2. The van der Waals surface area contributed by atoms with Crippen LogP contribution in [-0.2, 0) is 14.3 Å². The van der Waals surface area contributed by atoms with Crippen molar-refractivity contribution in [3.63, 3.8) is 0 Å². The fourth-order valence-corrected chi connectivity index (χ4v) is 5.07. The standard InChI is InChI=1S/C28H40O4/c1-17(2)22(29)21-23(30)20-16-19-11-10-18(3)12-15-26(4,5)13-9-14-28(19,8)32-25(20)27(6,7)24(21)31/h9,12-13,17,19,30H,10-11,14-16H2,1-8H3/b13-9+,18-12+/t19-,28+/m0/s1. The summed E-state index contributed by atoms with van der Waals surface area (Å²) in [4.78, 5) is 26.2. The second-order valence-corrected chi connectivity index (χ2v) is 11.7. The zero-order valence-electron chi connectivity index (χ0n) is 21.1. The van der Waals surface area contributed by atoms with Crippen molar-refractivity contribution < 1.29 is 19.4 Å². The number of aliphatic hydroxyl groups excluding tert-OH is 1. The van der Waals surface area contributed by atoms with Crippen LogP contribution in [-0.4, -0.2) is 22.3 Å². The molecule has 2 atom stereocenters. The summed E-state index contributed by atoms with van der Waals surface area (Å²) >= 11 is 0. The van der Waals surface area contributed by atoms with Gasteiger partial charge in [0.15, 0.2) is 11.6 Å². The lowest BCUT2D eigenvalue weighted by Crippen LogP contribution is -2.48. The van der Waals surface area contributed by atoms with Gasteiger partial charge in [-0.3, -0.25) is 9.59 Å². The first-order chi connectivity index (χ1) is 14.7. The van der Waals surface area contributed by atoms with Crippen molar-refractivity contribution >= 4 is 11.6 Å². The quantitative estimate of drug-likeness (QED) is 0.379. The Morgan fingerprint density at radius 2 is 1.81 bits per heavy atom. The van der Waals surface area contributed by atoms with Crippen LogP contribution < -0.4 is 0 Å². The monoisotopic (exact) mass is 440 g/mol. The molecule has 176 valence electrons. The molecule has 0 aromatic carbocycles. The number of hydrogen-bond acceptors (Lipinski definition) is 4. The summed E-state index contributed by atoms with van der Waals surface area (Å²) in [5.41, 5.74) is 0.565. The molecule has 0 saturated carbocycles. The van der Waals surface area contributed by atoms with E-state index in [4.69, 9.17) is 4.74 Å². The van der Waals surface area contributed by atoms with Crippen molar-refractivity contribution in [3.8, 4) is 0 Å². The average Bonchev–Trinajstić information content (AvgIpc) is 2.71. The van der Waals surface area contributed by atoms with E-state index in [2.05, 4.69) is 45.9 Å². The lowest BCUT2D eigenvalue weighted by Gasteiger charge is -2.48. The number of ether oxygens (including phenoxy) is 1. The molecule has 0 spiro atoms. The molecule has 0 aromatic rings. The van der Waals surface area contributed by atoms with Gasteiger partial charge >= 0.3 is 0 Å². The van der Waals surface area contributed by atoms with Crippen LogP contribution in [0.5, 0.6) is 0 Å². The smallest absolute Gasteiger partial charge is 0.183 e. The van der Waals surface area contributed by atoms with Crippen LogP contribution >= 0.6 is 0 Å². The van der Waals surface area contributed by atoms with Crippen LogP contribution in [0.4, 0.5) is 0 Å². The van der Waals surface area contributed by atoms with E-state index in [0.717, 1.165) is 25.7 Å². The van der Waals surface area contributed by atoms with Crippen molar-refractivity contribution in [3.05, 3.63) is 46.5 Å². The van der Waals surface area contributed by atoms with E-state index in [9.17, 15) is 14.7 Å². The van der Waals surface area contributed by atoms with E-state index >= 15 is 0 Å². The Balaban J connectivity index is 2.10. The van der Waals surface area contributed by atoms with Gasteiger partial charge in [0.1, 0.15) is 22.7 Å². The van der Waals surface area contributed by atoms with Crippen LogP contribution in [0.2, 0.25) is 0 Å². The van der Waals surface area contributed by atoms with Gasteiger partial charge in [0, 0.05) is 23.8 Å². The number of carbonyl (C=O) groups excluding carboxylic acids is 2. The van der Waals surface area contributed by atoms with E-state index in [0.29, 0.717) is 17.8 Å². The third kappa shape index (κ3) is 4.38. The molecule has 2 aliphatic carbocycles. The van der Waals surface area contributed by atoms with Crippen molar-refractivity contribution in [1.82, 2.24) is 0 Å². The molecule has 1 aliphatic heterocycles. The number of rotatable bonds is 2. The van der Waals surface area contributed by atoms with Crippen LogP contribution in [0.25, 0.3) is 0 Å². The van der Waals surface area contributed by atoms with Gasteiger partial charge in [-0.1, -0.05) is 51.5 Å². The second kappa shape index (κ2) is 8.35. The van der Waals surface area contributed by atoms with E-state index in [-0.39, 0.29) is 40.1 Å². The third-order valence-corrected chi connectivity index (χ3v) is 7.54. The third-order valence-electron chi connectivity index (χ3n) is 7.54. The summed E-state index contributed by atoms with van der Waals surface area (Å²) in [6.45, 7) is 15.9. The Hall–Kier alpha value is -2.10. The molecule has 1 heterocycles. The molecule has 0 radical (unpaired) electrons. The van der Waals surface area contributed by atoms with Crippen molar-refractivity contribution in [1.29, 1.82) is 0 Å². The summed E-state index contributed by atoms with van der Waals surface area (Å²) in [5.74, 6) is -0.467. The maximum absolute atomic E-state index is 13.3. The Labute approximate surface area is 193 Å². The highest BCUT2D eigenvalue weighted by atomic mass is 16.5. The zero-order chi connectivity index (χ0) is 24.1. The molecule has 0 aromatic heterocycles. The highest BCUT2D eigenvalue weighted by Gasteiger charge is 2.52. The minimum atomic E-state index is -0.986. The van der Waals surface area contributed by atoms with Crippen LogP contribution in [0.15, 0.2) is 46.5 Å². The molecule has 4 heteroatoms. The van der Waals surface area contributed by atoms with Crippen LogP contribution in [0.3, 0.4) is 0 Å². The fourth-order valence-electron chi connectivity index (χ4n) is 5.07. The summed E-state index contributed by atoms with van der Waals surface area (Å²) in [5, 5.41) is 11.1. The van der Waals surface area contributed by atoms with E-state index in [1.54, 1.807) is 13.8 Å². The number of allylic oxidation sites excluding steroid dienone is 6. The molecule has 3 rings (SSSR count). The van der Waals surface area contributed by atoms with Gasteiger partial charge in [0.05, 0.1) is 5.41 Å². The number of aliphatic hydroxyl groups is 1. The molecule has 0 amide bonds. The predicted octanol–water partition coefficient (Wildman–Crippen LogP) is 6.78. The number of hydrogen-bond donors (Lipinski definition) is 1. The zero-order valence-corrected chi connectivity index (χ0v) is 21.1. The lowest BCUT2D eigenvalue weighted by atomic mass is 9.67. The topological polar surface area (TPSA) is 63.6 Å². The molecule has 1 N–H and O–H groups in total. The molecule has 0 unspecified atom stereocenters. The van der Waals surface area contributed by atoms with Crippen LogP contribution in [0.1, 0.15) is 87.5 Å². The van der Waals surface area contributed by atoms with Crippen molar-refractivity contribution in [2.75, 3.05) is 0 Å². The SMILES string of the molecule is C/C1=C\CC(C)(C)/C=C/C[C@@]2(C)OC3=C(C[C@@H]2CC1)C(O)=C(C(=O)C(C)C)C(=O)C3(C)C. The normalized spacial score (nSPS) is 32.8. The van der Waals surface area contributed by atoms with E-state index in [1.165, 1.54) is 5.57 Å². The lowest BCUT2D eigenvalue weighted by molar-refractivity contribution is -0.132. The maximum atomic E-state index is 13.3. The van der Waals surface area contributed by atoms with Crippen molar-refractivity contribution in [2.24, 2.45) is 22.7 Å². The second-order valence-electron chi connectivity index (χ2n) is 11.7. The Bertz CT molecular complexity index is 938. The molecule has 0 fully saturated rings. The van der Waals surface area contributed by atoms with Gasteiger partial charge in [-0.25, -0.2) is 0 Å². The van der Waals surface area contributed by atoms with Crippen molar-refractivity contribution in [2.45, 2.75) is 93.1 Å². The fraction of sp³-hybridized carbons (Fsp3) is 0.643. The summed E-state index contributed by atoms with van der Waals surface area (Å²) in [7, 11) is 0. The minimum absolute atomic E-state index is 0.0506. The Morgan fingerprint density at radius 3 is 2.44 bits per heavy atom. The highest BCUT2D eigenvalue weighted by Crippen LogP contribution is 2.52. The number of ketones is 2.